The second-order valence-electron chi connectivity index (χ2n) is 6.60. The number of hydrogen-bond donors (Lipinski definition) is 3. The molecule has 29 heavy (non-hydrogen) atoms. The van der Waals surface area contributed by atoms with Gasteiger partial charge in [-0.05, 0) is 50.6 Å². The second-order valence-corrected chi connectivity index (χ2v) is 8.02. The van der Waals surface area contributed by atoms with Gasteiger partial charge in [0.05, 0.1) is 17.5 Å². The van der Waals surface area contributed by atoms with Gasteiger partial charge in [-0.1, -0.05) is 48.0 Å². The molecule has 160 valence electrons. The van der Waals surface area contributed by atoms with Gasteiger partial charge in [0.2, 0.25) is 0 Å². The van der Waals surface area contributed by atoms with Crippen molar-refractivity contribution < 1.29 is 28.0 Å². The number of carbonyl (C=O) groups excluding carboxylic acids is 1. The number of aryl methyl sites for hydroxylation is 1. The summed E-state index contributed by atoms with van der Waals surface area (Å²) in [5, 5.41) is 6.31. The van der Waals surface area contributed by atoms with E-state index in [0.29, 0.717) is 0 Å². The number of nitrogens with one attached hydrogen (secondary N) is 2. The van der Waals surface area contributed by atoms with E-state index in [1.54, 1.807) is 12.1 Å². The summed E-state index contributed by atoms with van der Waals surface area (Å²) in [6, 6.07) is 16.1. The van der Waals surface area contributed by atoms with E-state index in [1.165, 1.54) is 19.2 Å². The normalized spacial score (nSPS) is 15.1. The third-order valence-electron chi connectivity index (χ3n) is 4.63. The lowest BCUT2D eigenvalue weighted by atomic mass is 9.81. The van der Waals surface area contributed by atoms with E-state index in [0.717, 1.165) is 37.1 Å². The van der Waals surface area contributed by atoms with Crippen molar-refractivity contribution in [3.8, 4) is 0 Å². The molecule has 8 nitrogen and oxygen atoms in total. The van der Waals surface area contributed by atoms with Crippen LogP contribution in [0.1, 0.15) is 24.0 Å². The van der Waals surface area contributed by atoms with Crippen LogP contribution in [-0.2, 0) is 20.4 Å². The molecule has 0 aliphatic carbocycles. The standard InChI is InChI=1S/C13H18N2O2.C7H8O3S.H2O/c1-17-12(16)15-13(7-9-14-10-8-13)11-5-3-2-4-6-11;1-6-2-4-7(5-3-6)11(8,9)10;/h2-6,14H,7-10H2,1H3,(H,15,16);2-5H,1H3,(H,8,9,10);1H2. The molecule has 1 amide bonds. The molecule has 0 atom stereocenters. The molecule has 0 aromatic heterocycles. The predicted octanol–water partition coefficient (Wildman–Crippen LogP) is 2.04. The minimum Gasteiger partial charge on any atom is -0.453 e. The van der Waals surface area contributed by atoms with Crippen molar-refractivity contribution in [2.75, 3.05) is 20.2 Å². The Morgan fingerprint density at radius 1 is 1.07 bits per heavy atom. The molecule has 1 fully saturated rings. The smallest absolute Gasteiger partial charge is 0.407 e. The number of benzene rings is 2. The molecule has 1 aliphatic rings. The maximum absolute atomic E-state index is 11.5. The third kappa shape index (κ3) is 7.13. The molecule has 2 aromatic carbocycles. The van der Waals surface area contributed by atoms with Crippen molar-refractivity contribution in [1.82, 2.24) is 10.6 Å². The van der Waals surface area contributed by atoms with E-state index in [1.807, 2.05) is 25.1 Å². The summed E-state index contributed by atoms with van der Waals surface area (Å²) < 4.78 is 34.3. The molecule has 0 unspecified atom stereocenters. The lowest BCUT2D eigenvalue weighted by Gasteiger charge is -2.38. The van der Waals surface area contributed by atoms with E-state index in [-0.39, 0.29) is 22.0 Å². The van der Waals surface area contributed by atoms with Gasteiger partial charge in [0.15, 0.2) is 0 Å². The molecular weight excluding hydrogens is 396 g/mol. The van der Waals surface area contributed by atoms with Gasteiger partial charge in [-0.15, -0.1) is 0 Å². The summed E-state index contributed by atoms with van der Waals surface area (Å²) in [6.07, 6.45) is 1.40. The molecule has 0 saturated carbocycles. The fourth-order valence-electron chi connectivity index (χ4n) is 3.05. The van der Waals surface area contributed by atoms with Crippen LogP contribution < -0.4 is 10.6 Å². The number of methoxy groups -OCH3 is 1. The maximum atomic E-state index is 11.5. The van der Waals surface area contributed by atoms with Gasteiger partial charge in [0.25, 0.3) is 10.1 Å². The minimum absolute atomic E-state index is 0. The largest absolute Gasteiger partial charge is 0.453 e. The summed E-state index contributed by atoms with van der Waals surface area (Å²) in [7, 11) is -2.62. The third-order valence-corrected chi connectivity index (χ3v) is 5.50. The zero-order valence-corrected chi connectivity index (χ0v) is 17.3. The van der Waals surface area contributed by atoms with Crippen LogP contribution in [0, 0.1) is 6.92 Å². The topological polar surface area (TPSA) is 136 Å². The van der Waals surface area contributed by atoms with Crippen molar-refractivity contribution in [2.24, 2.45) is 0 Å². The highest BCUT2D eigenvalue weighted by Crippen LogP contribution is 2.30. The molecule has 0 radical (unpaired) electrons. The Hall–Kier alpha value is -2.46. The zero-order chi connectivity index (χ0) is 20.6. The monoisotopic (exact) mass is 424 g/mol. The first kappa shape index (κ1) is 24.6. The molecule has 0 bridgehead atoms. The van der Waals surface area contributed by atoms with Crippen molar-refractivity contribution in [3.05, 3.63) is 65.7 Å². The van der Waals surface area contributed by atoms with Gasteiger partial charge in [-0.3, -0.25) is 4.55 Å². The zero-order valence-electron chi connectivity index (χ0n) is 16.5. The summed E-state index contributed by atoms with van der Waals surface area (Å²) in [4.78, 5) is 11.4. The van der Waals surface area contributed by atoms with Crippen molar-refractivity contribution in [1.29, 1.82) is 0 Å². The molecule has 1 heterocycles. The Balaban J connectivity index is 0.000000306. The quantitative estimate of drug-likeness (QED) is 0.645. The number of carbonyl (C=O) groups is 1. The molecular formula is C20H28N2O6S. The molecule has 9 heteroatoms. The Morgan fingerprint density at radius 3 is 2.10 bits per heavy atom. The Morgan fingerprint density at radius 2 is 1.62 bits per heavy atom. The van der Waals surface area contributed by atoms with Crippen LogP contribution in [0.2, 0.25) is 0 Å². The second kappa shape index (κ2) is 10.9. The summed E-state index contributed by atoms with van der Waals surface area (Å²) >= 11 is 0. The van der Waals surface area contributed by atoms with Crippen LogP contribution >= 0.6 is 0 Å². The first-order chi connectivity index (χ1) is 13.3. The first-order valence-electron chi connectivity index (χ1n) is 8.93. The molecule has 1 saturated heterocycles. The van der Waals surface area contributed by atoms with Crippen LogP contribution in [0.3, 0.4) is 0 Å². The average molecular weight is 425 g/mol. The van der Waals surface area contributed by atoms with Gasteiger partial charge in [-0.2, -0.15) is 8.42 Å². The van der Waals surface area contributed by atoms with Gasteiger partial charge in [0.1, 0.15) is 0 Å². The number of rotatable bonds is 3. The van der Waals surface area contributed by atoms with Crippen molar-refractivity contribution >= 4 is 16.2 Å². The minimum atomic E-state index is -4.02. The van der Waals surface area contributed by atoms with Crippen LogP contribution in [0.25, 0.3) is 0 Å². The van der Waals surface area contributed by atoms with Crippen LogP contribution in [0.15, 0.2) is 59.5 Å². The summed E-state index contributed by atoms with van der Waals surface area (Å²) in [5.74, 6) is 0. The fourth-order valence-corrected chi connectivity index (χ4v) is 3.53. The Bertz CT molecular complexity index is 864. The average Bonchev–Trinajstić information content (AvgIpc) is 2.69. The molecule has 0 spiro atoms. The van der Waals surface area contributed by atoms with Crippen molar-refractivity contribution in [3.63, 3.8) is 0 Å². The van der Waals surface area contributed by atoms with E-state index in [2.05, 4.69) is 22.8 Å². The van der Waals surface area contributed by atoms with E-state index < -0.39 is 10.1 Å². The maximum Gasteiger partial charge on any atom is 0.407 e. The lowest BCUT2D eigenvalue weighted by molar-refractivity contribution is 0.145. The number of hydrogen-bond acceptors (Lipinski definition) is 5. The highest BCUT2D eigenvalue weighted by molar-refractivity contribution is 7.85. The highest BCUT2D eigenvalue weighted by atomic mass is 32.2. The fraction of sp³-hybridized carbons (Fsp3) is 0.350. The number of alkyl carbamates (subject to hydrolysis) is 1. The summed E-state index contributed by atoms with van der Waals surface area (Å²) in [6.45, 7) is 3.64. The van der Waals surface area contributed by atoms with Gasteiger partial charge in [-0.25, -0.2) is 4.79 Å². The SMILES string of the molecule is COC(=O)NC1(c2ccccc2)CCNCC1.Cc1ccc(S(=O)(=O)O)cc1.O. The van der Waals surface area contributed by atoms with E-state index in [4.69, 9.17) is 9.29 Å². The van der Waals surface area contributed by atoms with Gasteiger partial charge in [0, 0.05) is 0 Å². The number of amides is 1. The van der Waals surface area contributed by atoms with Crippen LogP contribution in [0.5, 0.6) is 0 Å². The first-order valence-corrected chi connectivity index (χ1v) is 10.4. The predicted molar refractivity (Wildman–Crippen MR) is 110 cm³/mol. The van der Waals surface area contributed by atoms with Gasteiger partial charge < -0.3 is 20.8 Å². The Kier molecular flexibility index (Phi) is 9.25. The number of ether oxygens (including phenoxy) is 1. The molecule has 2 aromatic rings. The highest BCUT2D eigenvalue weighted by Gasteiger charge is 2.35. The molecule has 5 N–H and O–H groups in total. The molecule has 3 rings (SSSR count). The van der Waals surface area contributed by atoms with Crippen LogP contribution in [0.4, 0.5) is 4.79 Å². The van der Waals surface area contributed by atoms with E-state index >= 15 is 0 Å². The van der Waals surface area contributed by atoms with Crippen molar-refractivity contribution in [2.45, 2.75) is 30.2 Å². The van der Waals surface area contributed by atoms with Gasteiger partial charge >= 0.3 is 6.09 Å². The Labute approximate surface area is 171 Å². The van der Waals surface area contributed by atoms with E-state index in [9.17, 15) is 13.2 Å². The number of piperidine rings is 1. The lowest BCUT2D eigenvalue weighted by Crippen LogP contribution is -2.52. The summed E-state index contributed by atoms with van der Waals surface area (Å²) in [5.41, 5.74) is 1.81. The molecule has 1 aliphatic heterocycles. The van der Waals surface area contributed by atoms with Crippen LogP contribution in [-0.4, -0.2) is 44.7 Å².